The molecule has 5 aliphatic carbocycles. The molecule has 438 valence electrons. The Labute approximate surface area is 547 Å². The Hall–Kier alpha value is -12.0. The van der Waals surface area contributed by atoms with Gasteiger partial charge in [0.15, 0.2) is 11.6 Å². The first-order chi connectivity index (χ1) is 46.6. The number of hydrogen-bond donors (Lipinski definition) is 0. The maximum absolute atomic E-state index is 5.61. The Morgan fingerprint density at radius 1 is 0.191 bits per heavy atom. The van der Waals surface area contributed by atoms with Crippen LogP contribution in [-0.2, 0) is 10.8 Å². The van der Waals surface area contributed by atoms with Crippen LogP contribution in [0.4, 0.5) is 0 Å². The van der Waals surface area contributed by atoms with Crippen LogP contribution in [0.5, 0.6) is 0 Å². The van der Waals surface area contributed by atoms with Crippen molar-refractivity contribution >= 4 is 0 Å². The second-order valence-electron chi connectivity index (χ2n) is 25.4. The van der Waals surface area contributed by atoms with Crippen molar-refractivity contribution < 1.29 is 0 Å². The molecule has 0 saturated carbocycles. The summed E-state index contributed by atoms with van der Waals surface area (Å²) in [6.07, 6.45) is 0. The smallest absolute Gasteiger partial charge is 0.160 e. The fraction of sp³-hybridized carbons (Fsp3) is 0.0444. The van der Waals surface area contributed by atoms with Crippen LogP contribution in [0.2, 0.25) is 0 Å². The largest absolute Gasteiger partial charge is 0.228 e. The standard InChI is InChI=1S/C90H58N4/c1-7-25-57(26-8-1)81-55-83(59-43-47-69-67-37-21-23-41-77(67)89(79(69)53-59,63-29-11-3-12-30-63)64-31-13-4-14-32-64)93-87(91-81)61-45-49-73-75(51-61)85-71-39-19-20-40-72(71)86(73)76-52-62(46-50-74(76)85)88-92-82(58-27-9-2-10-28-58)56-84(94-88)60-44-48-70-68-38-22-24-42-78(68)90(80(70)54-60,65-33-15-5-16-34-65)66-35-17-6-18-36-66/h1-56,85-86H. The highest BCUT2D eigenvalue weighted by Gasteiger charge is 2.48. The molecular weight excluding hydrogens is 1140 g/mol. The molecule has 5 aliphatic rings. The van der Waals surface area contributed by atoms with Crippen LogP contribution in [-0.4, -0.2) is 19.9 Å². The van der Waals surface area contributed by atoms with Crippen molar-refractivity contribution in [3.63, 3.8) is 0 Å². The van der Waals surface area contributed by atoms with Crippen molar-refractivity contribution in [2.45, 2.75) is 22.7 Å². The van der Waals surface area contributed by atoms with E-state index in [9.17, 15) is 0 Å². The highest BCUT2D eigenvalue weighted by molar-refractivity contribution is 5.91. The van der Waals surface area contributed by atoms with Crippen LogP contribution in [0.15, 0.2) is 340 Å². The topological polar surface area (TPSA) is 51.6 Å². The van der Waals surface area contributed by atoms with Crippen molar-refractivity contribution in [3.8, 4) is 90.1 Å². The van der Waals surface area contributed by atoms with Gasteiger partial charge in [0.05, 0.1) is 33.6 Å². The van der Waals surface area contributed by atoms with Gasteiger partial charge in [-0.1, -0.05) is 303 Å². The Bertz CT molecular complexity index is 5070. The van der Waals surface area contributed by atoms with E-state index >= 15 is 0 Å². The molecule has 94 heavy (non-hydrogen) atoms. The molecule has 0 N–H and O–H groups in total. The normalized spacial score (nSPS) is 15.2. The van der Waals surface area contributed by atoms with Gasteiger partial charge in [-0.15, -0.1) is 0 Å². The monoisotopic (exact) mass is 1190 g/mol. The third-order valence-electron chi connectivity index (χ3n) is 20.7. The van der Waals surface area contributed by atoms with Gasteiger partial charge in [0.1, 0.15) is 0 Å². The van der Waals surface area contributed by atoms with Gasteiger partial charge in [0.25, 0.3) is 0 Å². The molecule has 2 bridgehead atoms. The zero-order valence-electron chi connectivity index (χ0n) is 51.3. The first-order valence-electron chi connectivity index (χ1n) is 32.6. The molecule has 0 amide bonds. The molecule has 2 atom stereocenters. The Morgan fingerprint density at radius 2 is 0.479 bits per heavy atom. The van der Waals surface area contributed by atoms with Gasteiger partial charge in [-0.05, 0) is 137 Å². The number of benzene rings is 13. The van der Waals surface area contributed by atoms with Gasteiger partial charge in [-0.3, -0.25) is 0 Å². The van der Waals surface area contributed by atoms with E-state index in [1.807, 2.05) is 0 Å². The van der Waals surface area contributed by atoms with Crippen molar-refractivity contribution in [1.82, 2.24) is 19.9 Å². The van der Waals surface area contributed by atoms with Crippen LogP contribution >= 0.6 is 0 Å². The zero-order chi connectivity index (χ0) is 61.9. The second kappa shape index (κ2) is 21.3. The van der Waals surface area contributed by atoms with Crippen LogP contribution in [0.25, 0.3) is 90.1 Å². The predicted molar refractivity (Wildman–Crippen MR) is 380 cm³/mol. The fourth-order valence-electron chi connectivity index (χ4n) is 16.7. The summed E-state index contributed by atoms with van der Waals surface area (Å²) in [5.74, 6) is 1.35. The lowest BCUT2D eigenvalue weighted by atomic mass is 9.61. The van der Waals surface area contributed by atoms with E-state index in [4.69, 9.17) is 19.9 Å². The molecule has 4 nitrogen and oxygen atoms in total. The van der Waals surface area contributed by atoms with Crippen molar-refractivity contribution in [1.29, 1.82) is 0 Å². The second-order valence-corrected chi connectivity index (χ2v) is 25.4. The van der Waals surface area contributed by atoms with Gasteiger partial charge in [-0.2, -0.15) is 0 Å². The van der Waals surface area contributed by atoms with E-state index in [2.05, 4.69) is 340 Å². The van der Waals surface area contributed by atoms with Crippen molar-refractivity contribution in [3.05, 3.63) is 418 Å². The summed E-state index contributed by atoms with van der Waals surface area (Å²) in [4.78, 5) is 22.1. The number of nitrogens with zero attached hydrogens (tertiary/aromatic N) is 4. The van der Waals surface area contributed by atoms with Gasteiger partial charge >= 0.3 is 0 Å². The minimum absolute atomic E-state index is 0.0171. The average Bonchev–Trinajstić information content (AvgIpc) is 1.53. The van der Waals surface area contributed by atoms with Crippen LogP contribution in [0.3, 0.4) is 0 Å². The lowest BCUT2D eigenvalue weighted by Gasteiger charge is -2.42. The summed E-state index contributed by atoms with van der Waals surface area (Å²) in [6.45, 7) is 0. The molecule has 2 aromatic heterocycles. The molecule has 13 aromatic carbocycles. The Morgan fingerprint density at radius 3 is 0.851 bits per heavy atom. The van der Waals surface area contributed by atoms with E-state index in [0.29, 0.717) is 11.6 Å². The summed E-state index contributed by atoms with van der Waals surface area (Å²) in [7, 11) is 0. The lowest BCUT2D eigenvalue weighted by Crippen LogP contribution is -2.28. The number of hydrogen-bond acceptors (Lipinski definition) is 4. The molecule has 2 unspecified atom stereocenters. The molecule has 0 fully saturated rings. The maximum atomic E-state index is 5.61. The third kappa shape index (κ3) is 8.06. The molecule has 0 saturated heterocycles. The molecule has 0 spiro atoms. The first kappa shape index (κ1) is 53.8. The highest BCUT2D eigenvalue weighted by atomic mass is 14.9. The molecular formula is C90H58N4. The molecule has 20 rings (SSSR count). The molecule has 15 aromatic rings. The van der Waals surface area contributed by atoms with Gasteiger partial charge in [0.2, 0.25) is 0 Å². The molecule has 2 heterocycles. The van der Waals surface area contributed by atoms with Gasteiger partial charge in [-0.25, -0.2) is 19.9 Å². The fourth-order valence-corrected chi connectivity index (χ4v) is 16.7. The molecule has 0 radical (unpaired) electrons. The quantitative estimate of drug-likeness (QED) is 0.137. The van der Waals surface area contributed by atoms with E-state index in [1.165, 1.54) is 100 Å². The number of rotatable bonds is 10. The highest BCUT2D eigenvalue weighted by Crippen LogP contribution is 2.60. The summed E-state index contributed by atoms with van der Waals surface area (Å²) < 4.78 is 0. The summed E-state index contributed by atoms with van der Waals surface area (Å²) in [5, 5.41) is 0. The number of fused-ring (bicyclic) bond motifs is 6. The minimum atomic E-state index is -0.549. The summed E-state index contributed by atoms with van der Waals surface area (Å²) in [6, 6.07) is 124. The third-order valence-corrected chi connectivity index (χ3v) is 20.7. The van der Waals surface area contributed by atoms with E-state index in [1.54, 1.807) is 0 Å². The van der Waals surface area contributed by atoms with Crippen LogP contribution in [0, 0.1) is 0 Å². The van der Waals surface area contributed by atoms with Crippen molar-refractivity contribution in [2.75, 3.05) is 0 Å². The summed E-state index contributed by atoms with van der Waals surface area (Å²) in [5.41, 5.74) is 31.3. The minimum Gasteiger partial charge on any atom is -0.228 e. The Kier molecular flexibility index (Phi) is 12.2. The first-order valence-corrected chi connectivity index (χ1v) is 32.6. The SMILES string of the molecule is c1ccc(-c2cc(-c3ccc4c(c3)C(c3ccccc3)(c3ccccc3)c3ccccc3-4)nc(-c3ccc4c(c3)C3c5ccccc5C4c4cc(-c5nc(-c6ccccc6)cc(-c6ccc7c(c6)C(c6ccccc6)(c6ccccc6)c6ccccc6-7)n5)ccc43)n2)cc1. The van der Waals surface area contributed by atoms with Crippen LogP contribution in [0.1, 0.15) is 89.7 Å². The number of aromatic nitrogens is 4. The average molecular weight is 1200 g/mol. The summed E-state index contributed by atoms with van der Waals surface area (Å²) >= 11 is 0. The Balaban J connectivity index is 0.737. The predicted octanol–water partition coefficient (Wildman–Crippen LogP) is 21.0. The molecule has 4 heteroatoms. The van der Waals surface area contributed by atoms with Gasteiger partial charge < -0.3 is 0 Å². The maximum Gasteiger partial charge on any atom is 0.160 e. The van der Waals surface area contributed by atoms with Crippen LogP contribution < -0.4 is 0 Å². The lowest BCUT2D eigenvalue weighted by molar-refractivity contribution is 0.754. The van der Waals surface area contributed by atoms with E-state index < -0.39 is 10.8 Å². The molecule has 0 aliphatic heterocycles. The van der Waals surface area contributed by atoms with Crippen molar-refractivity contribution in [2.24, 2.45) is 0 Å². The van der Waals surface area contributed by atoms with E-state index in [0.717, 1.165) is 56.2 Å². The zero-order valence-corrected chi connectivity index (χ0v) is 51.3. The van der Waals surface area contributed by atoms with E-state index in [-0.39, 0.29) is 11.8 Å². The van der Waals surface area contributed by atoms with Gasteiger partial charge in [0, 0.05) is 45.2 Å².